The highest BCUT2D eigenvalue weighted by Crippen LogP contribution is 2.26. The molecule has 0 saturated heterocycles. The van der Waals surface area contributed by atoms with Gasteiger partial charge in [-0.2, -0.15) is 0 Å². The minimum atomic E-state index is 0.336. The second-order valence-corrected chi connectivity index (χ2v) is 4.16. The molecule has 0 saturated carbocycles. The van der Waals surface area contributed by atoms with E-state index in [2.05, 4.69) is 29.8 Å². The zero-order chi connectivity index (χ0) is 9.84. The van der Waals surface area contributed by atoms with Gasteiger partial charge in [-0.1, -0.05) is 41.9 Å². The van der Waals surface area contributed by atoms with Crippen molar-refractivity contribution < 1.29 is 5.11 Å². The van der Waals surface area contributed by atoms with Crippen molar-refractivity contribution in [2.45, 2.75) is 19.8 Å². The summed E-state index contributed by atoms with van der Waals surface area (Å²) in [4.78, 5) is 0. The minimum Gasteiger partial charge on any atom is -0.508 e. The van der Waals surface area contributed by atoms with Gasteiger partial charge in [0.05, 0.1) is 0 Å². The predicted octanol–water partition coefficient (Wildman–Crippen LogP) is 3.53. The number of halogens is 1. The smallest absolute Gasteiger partial charge is 0.115 e. The summed E-state index contributed by atoms with van der Waals surface area (Å²) >= 11 is 3.48. The summed E-state index contributed by atoms with van der Waals surface area (Å²) in [5, 5.41) is 10.1. The average molecular weight is 243 g/mol. The van der Waals surface area contributed by atoms with E-state index in [1.165, 1.54) is 5.56 Å². The van der Waals surface area contributed by atoms with Crippen molar-refractivity contribution in [1.29, 1.82) is 0 Å². The molecule has 0 aliphatic rings. The van der Waals surface area contributed by atoms with Crippen LogP contribution in [-0.4, -0.2) is 10.4 Å². The molecule has 0 heterocycles. The number of benzene rings is 1. The van der Waals surface area contributed by atoms with Crippen LogP contribution in [0, 0.1) is 5.92 Å². The van der Waals surface area contributed by atoms with E-state index in [0.717, 1.165) is 5.33 Å². The van der Waals surface area contributed by atoms with Crippen molar-refractivity contribution in [2.24, 2.45) is 5.92 Å². The fourth-order valence-electron chi connectivity index (χ4n) is 1.24. The second kappa shape index (κ2) is 4.66. The first-order valence-corrected chi connectivity index (χ1v) is 5.62. The molecule has 0 radical (unpaired) electrons. The van der Waals surface area contributed by atoms with Gasteiger partial charge >= 0.3 is 0 Å². The maximum absolute atomic E-state index is 9.12. The predicted molar refractivity (Wildman–Crippen MR) is 59.5 cm³/mol. The molecular weight excluding hydrogens is 228 g/mol. The van der Waals surface area contributed by atoms with Crippen LogP contribution < -0.4 is 0 Å². The van der Waals surface area contributed by atoms with Crippen LogP contribution in [0.2, 0.25) is 0 Å². The molecule has 0 aromatic heterocycles. The fraction of sp³-hybridized carbons (Fsp3) is 0.455. The number of alkyl halides is 1. The molecule has 2 unspecified atom stereocenters. The molecular formula is C11H15BrO. The summed E-state index contributed by atoms with van der Waals surface area (Å²) in [6.45, 7) is 4.42. The molecule has 1 aromatic rings. The molecule has 0 fully saturated rings. The van der Waals surface area contributed by atoms with Crippen LogP contribution in [0.5, 0.6) is 5.75 Å². The fourth-order valence-corrected chi connectivity index (χ4v) is 1.80. The third-order valence-electron chi connectivity index (χ3n) is 2.52. The van der Waals surface area contributed by atoms with Gasteiger partial charge in [0, 0.05) is 5.33 Å². The largest absolute Gasteiger partial charge is 0.508 e. The molecule has 0 aliphatic carbocycles. The van der Waals surface area contributed by atoms with Crippen LogP contribution in [0.1, 0.15) is 25.3 Å². The Morgan fingerprint density at radius 2 is 1.77 bits per heavy atom. The summed E-state index contributed by atoms with van der Waals surface area (Å²) < 4.78 is 0. The molecule has 1 nitrogen and oxygen atoms in total. The average Bonchev–Trinajstić information content (AvgIpc) is 2.17. The van der Waals surface area contributed by atoms with Crippen molar-refractivity contribution in [3.05, 3.63) is 29.8 Å². The molecule has 1 aromatic carbocycles. The van der Waals surface area contributed by atoms with E-state index in [-0.39, 0.29) is 0 Å². The van der Waals surface area contributed by atoms with Gasteiger partial charge in [-0.3, -0.25) is 0 Å². The Labute approximate surface area is 87.9 Å². The first-order valence-electron chi connectivity index (χ1n) is 4.50. The highest BCUT2D eigenvalue weighted by atomic mass is 79.9. The summed E-state index contributed by atoms with van der Waals surface area (Å²) in [6, 6.07) is 7.46. The van der Waals surface area contributed by atoms with Gasteiger partial charge in [0.15, 0.2) is 0 Å². The van der Waals surface area contributed by atoms with Gasteiger partial charge < -0.3 is 5.11 Å². The summed E-state index contributed by atoms with van der Waals surface area (Å²) in [5.74, 6) is 1.48. The number of phenolic OH excluding ortho intramolecular Hbond substituents is 1. The summed E-state index contributed by atoms with van der Waals surface area (Å²) in [6.07, 6.45) is 0. The van der Waals surface area contributed by atoms with E-state index >= 15 is 0 Å². The lowest BCUT2D eigenvalue weighted by Crippen LogP contribution is -2.06. The van der Waals surface area contributed by atoms with E-state index in [1.807, 2.05) is 12.1 Å². The topological polar surface area (TPSA) is 20.2 Å². The molecule has 0 bridgehead atoms. The van der Waals surface area contributed by atoms with E-state index in [9.17, 15) is 0 Å². The summed E-state index contributed by atoms with van der Waals surface area (Å²) in [7, 11) is 0. The van der Waals surface area contributed by atoms with Crippen LogP contribution in [0.15, 0.2) is 24.3 Å². The summed E-state index contributed by atoms with van der Waals surface area (Å²) in [5.41, 5.74) is 1.28. The van der Waals surface area contributed by atoms with E-state index in [0.29, 0.717) is 17.6 Å². The van der Waals surface area contributed by atoms with Gasteiger partial charge in [0.25, 0.3) is 0 Å². The lowest BCUT2D eigenvalue weighted by Gasteiger charge is -2.17. The van der Waals surface area contributed by atoms with Crippen LogP contribution in [0.25, 0.3) is 0 Å². The Morgan fingerprint density at radius 3 is 2.23 bits per heavy atom. The van der Waals surface area contributed by atoms with Crippen molar-refractivity contribution >= 4 is 15.9 Å². The molecule has 0 spiro atoms. The SMILES string of the molecule is CC(CBr)C(C)c1ccc(O)cc1. The normalized spacial score (nSPS) is 15.3. The maximum atomic E-state index is 9.12. The third-order valence-corrected chi connectivity index (χ3v) is 3.54. The van der Waals surface area contributed by atoms with Crippen LogP contribution >= 0.6 is 15.9 Å². The Bertz CT molecular complexity index is 255. The Morgan fingerprint density at radius 1 is 1.23 bits per heavy atom. The minimum absolute atomic E-state index is 0.336. The van der Waals surface area contributed by atoms with Gasteiger partial charge in [-0.25, -0.2) is 0 Å². The number of hydrogen-bond acceptors (Lipinski definition) is 1. The number of rotatable bonds is 3. The molecule has 1 rings (SSSR count). The van der Waals surface area contributed by atoms with E-state index in [4.69, 9.17) is 5.11 Å². The number of aromatic hydroxyl groups is 1. The quantitative estimate of drug-likeness (QED) is 0.805. The van der Waals surface area contributed by atoms with Crippen molar-refractivity contribution in [3.63, 3.8) is 0 Å². The zero-order valence-corrected chi connectivity index (χ0v) is 9.58. The van der Waals surface area contributed by atoms with Gasteiger partial charge in [0.1, 0.15) is 5.75 Å². The molecule has 0 amide bonds. The Kier molecular flexibility index (Phi) is 3.79. The van der Waals surface area contributed by atoms with Crippen LogP contribution in [0.4, 0.5) is 0 Å². The van der Waals surface area contributed by atoms with Crippen molar-refractivity contribution in [1.82, 2.24) is 0 Å². The molecule has 2 heteroatoms. The van der Waals surface area contributed by atoms with Crippen LogP contribution in [0.3, 0.4) is 0 Å². The maximum Gasteiger partial charge on any atom is 0.115 e. The first-order chi connectivity index (χ1) is 6.15. The van der Waals surface area contributed by atoms with Crippen molar-refractivity contribution in [2.75, 3.05) is 5.33 Å². The van der Waals surface area contributed by atoms with Gasteiger partial charge in [0.2, 0.25) is 0 Å². The Hall–Kier alpha value is -0.500. The molecule has 1 N–H and O–H groups in total. The van der Waals surface area contributed by atoms with E-state index in [1.54, 1.807) is 12.1 Å². The Balaban J connectivity index is 2.77. The lowest BCUT2D eigenvalue weighted by atomic mass is 9.90. The number of hydrogen-bond donors (Lipinski definition) is 1. The first kappa shape index (κ1) is 10.6. The second-order valence-electron chi connectivity index (χ2n) is 3.51. The van der Waals surface area contributed by atoms with E-state index < -0.39 is 0 Å². The van der Waals surface area contributed by atoms with Gasteiger partial charge in [-0.15, -0.1) is 0 Å². The zero-order valence-electron chi connectivity index (χ0n) is 8.00. The molecule has 0 aliphatic heterocycles. The molecule has 72 valence electrons. The van der Waals surface area contributed by atoms with Crippen molar-refractivity contribution in [3.8, 4) is 5.75 Å². The highest BCUT2D eigenvalue weighted by molar-refractivity contribution is 9.09. The lowest BCUT2D eigenvalue weighted by molar-refractivity contribution is 0.474. The monoisotopic (exact) mass is 242 g/mol. The number of phenols is 1. The standard InChI is InChI=1S/C11H15BrO/c1-8(7-12)9(2)10-3-5-11(13)6-4-10/h3-6,8-9,13H,7H2,1-2H3. The highest BCUT2D eigenvalue weighted by Gasteiger charge is 2.12. The molecule has 2 atom stereocenters. The molecule has 13 heavy (non-hydrogen) atoms. The van der Waals surface area contributed by atoms with Gasteiger partial charge in [-0.05, 0) is 29.5 Å². The third kappa shape index (κ3) is 2.73. The van der Waals surface area contributed by atoms with Crippen LogP contribution in [-0.2, 0) is 0 Å².